The van der Waals surface area contributed by atoms with Crippen molar-refractivity contribution in [1.29, 1.82) is 0 Å². The molecule has 1 rings (SSSR count). The van der Waals surface area contributed by atoms with Crippen molar-refractivity contribution in [3.63, 3.8) is 0 Å². The second-order valence-corrected chi connectivity index (χ2v) is 4.18. The Hall–Kier alpha value is -1.78. The predicted molar refractivity (Wildman–Crippen MR) is 55.1 cm³/mol. The molecule has 0 aliphatic rings. The molecule has 0 saturated carbocycles. The highest BCUT2D eigenvalue weighted by Gasteiger charge is 2.17. The molecule has 1 aromatic rings. The summed E-state index contributed by atoms with van der Waals surface area (Å²) in [6, 6.07) is 3.06. The van der Waals surface area contributed by atoms with E-state index in [2.05, 4.69) is 0 Å². The van der Waals surface area contributed by atoms with Crippen molar-refractivity contribution in [2.45, 2.75) is 33.0 Å². The van der Waals surface area contributed by atoms with Crippen molar-refractivity contribution >= 4 is 12.4 Å². The molecule has 1 aromatic heterocycles. The highest BCUT2D eigenvalue weighted by atomic mass is 16.7. The molecule has 0 radical (unpaired) electrons. The first-order chi connectivity index (χ1) is 7.40. The molecular weight excluding hydrogens is 212 g/mol. The van der Waals surface area contributed by atoms with E-state index in [-0.39, 0.29) is 12.4 Å². The smallest absolute Gasteiger partial charge is 0.455 e. The Labute approximate surface area is 93.3 Å². The van der Waals surface area contributed by atoms with Crippen LogP contribution in [-0.2, 0) is 16.1 Å². The topological polar surface area (TPSA) is 65.7 Å². The second-order valence-electron chi connectivity index (χ2n) is 4.18. The second kappa shape index (κ2) is 4.83. The van der Waals surface area contributed by atoms with E-state index in [1.165, 1.54) is 6.07 Å². The molecule has 0 aliphatic heterocycles. The van der Waals surface area contributed by atoms with Crippen molar-refractivity contribution in [2.24, 2.45) is 0 Å². The van der Waals surface area contributed by atoms with Gasteiger partial charge in [0.2, 0.25) is 0 Å². The van der Waals surface area contributed by atoms with E-state index < -0.39 is 11.8 Å². The molecule has 0 unspecified atom stereocenters. The molecule has 5 nitrogen and oxygen atoms in total. The van der Waals surface area contributed by atoms with Crippen LogP contribution in [0.5, 0.6) is 0 Å². The maximum atomic E-state index is 11.2. The van der Waals surface area contributed by atoms with E-state index in [1.54, 1.807) is 26.8 Å². The number of hydrogen-bond acceptors (Lipinski definition) is 5. The number of ether oxygens (including phenoxy) is 2. The molecule has 88 valence electrons. The monoisotopic (exact) mass is 226 g/mol. The molecule has 0 amide bonds. The van der Waals surface area contributed by atoms with Gasteiger partial charge in [0, 0.05) is 0 Å². The Morgan fingerprint density at radius 2 is 2.12 bits per heavy atom. The summed E-state index contributed by atoms with van der Waals surface area (Å²) in [7, 11) is 0. The van der Waals surface area contributed by atoms with E-state index in [4.69, 9.17) is 13.9 Å². The summed E-state index contributed by atoms with van der Waals surface area (Å²) < 4.78 is 14.7. The van der Waals surface area contributed by atoms with Crippen molar-refractivity contribution in [2.75, 3.05) is 0 Å². The number of carbonyl (C=O) groups excluding carboxylic acids is 2. The van der Waals surface area contributed by atoms with Crippen LogP contribution in [0.3, 0.4) is 0 Å². The molecular formula is C11H14O5. The third-order valence-electron chi connectivity index (χ3n) is 1.52. The van der Waals surface area contributed by atoms with Gasteiger partial charge in [-0.2, -0.15) is 0 Å². The summed E-state index contributed by atoms with van der Waals surface area (Å²) in [6.45, 7) is 5.17. The number of carbonyl (C=O) groups is 2. The molecule has 1 heterocycles. The van der Waals surface area contributed by atoms with Crippen molar-refractivity contribution < 1.29 is 23.5 Å². The van der Waals surface area contributed by atoms with Crippen LogP contribution in [0.25, 0.3) is 0 Å². The number of aldehydes is 1. The molecule has 0 bridgehead atoms. The van der Waals surface area contributed by atoms with Crippen LogP contribution in [0, 0.1) is 0 Å². The molecule has 0 aromatic carbocycles. The van der Waals surface area contributed by atoms with Crippen LogP contribution in [0.2, 0.25) is 0 Å². The first kappa shape index (κ1) is 12.3. The molecule has 0 spiro atoms. The summed E-state index contributed by atoms with van der Waals surface area (Å²) in [4.78, 5) is 21.5. The minimum Gasteiger partial charge on any atom is -0.455 e. The molecule has 0 N–H and O–H groups in total. The molecule has 5 heteroatoms. The zero-order valence-electron chi connectivity index (χ0n) is 9.48. The van der Waals surface area contributed by atoms with Gasteiger partial charge in [0.15, 0.2) is 18.7 Å². The summed E-state index contributed by atoms with van der Waals surface area (Å²) in [6.07, 6.45) is -0.187. The predicted octanol–water partition coefficient (Wildman–Crippen LogP) is 2.54. The Morgan fingerprint density at radius 3 is 2.62 bits per heavy atom. The average molecular weight is 226 g/mol. The third kappa shape index (κ3) is 4.16. The highest BCUT2D eigenvalue weighted by Crippen LogP contribution is 2.11. The maximum absolute atomic E-state index is 11.2. The standard InChI is InChI=1S/C11H14O5/c1-11(2,3)16-10(13)14-7-9-5-4-8(6-12)15-9/h4-6H,7H2,1-3H3. The van der Waals surface area contributed by atoms with Gasteiger partial charge in [-0.15, -0.1) is 0 Å². The van der Waals surface area contributed by atoms with E-state index >= 15 is 0 Å². The fraction of sp³-hybridized carbons (Fsp3) is 0.455. The van der Waals surface area contributed by atoms with Gasteiger partial charge in [0.1, 0.15) is 11.4 Å². The Balaban J connectivity index is 2.40. The van der Waals surface area contributed by atoms with E-state index in [0.29, 0.717) is 12.0 Å². The van der Waals surface area contributed by atoms with Crippen molar-refractivity contribution in [3.8, 4) is 0 Å². The fourth-order valence-corrected chi connectivity index (χ4v) is 0.945. The lowest BCUT2D eigenvalue weighted by atomic mass is 10.2. The van der Waals surface area contributed by atoms with Gasteiger partial charge < -0.3 is 13.9 Å². The van der Waals surface area contributed by atoms with E-state index in [9.17, 15) is 9.59 Å². The van der Waals surface area contributed by atoms with Gasteiger partial charge in [-0.3, -0.25) is 4.79 Å². The first-order valence-corrected chi connectivity index (χ1v) is 4.80. The van der Waals surface area contributed by atoms with Gasteiger partial charge in [-0.05, 0) is 32.9 Å². The van der Waals surface area contributed by atoms with Gasteiger partial charge in [-0.25, -0.2) is 4.79 Å². The minimum absolute atomic E-state index is 0.0528. The van der Waals surface area contributed by atoms with Gasteiger partial charge >= 0.3 is 6.16 Å². The normalized spacial score (nSPS) is 10.9. The lowest BCUT2D eigenvalue weighted by Gasteiger charge is -2.18. The highest BCUT2D eigenvalue weighted by molar-refractivity contribution is 5.70. The van der Waals surface area contributed by atoms with Gasteiger partial charge in [-0.1, -0.05) is 0 Å². The first-order valence-electron chi connectivity index (χ1n) is 4.80. The van der Waals surface area contributed by atoms with Crippen LogP contribution in [0.1, 0.15) is 37.1 Å². The van der Waals surface area contributed by atoms with Gasteiger partial charge in [0.25, 0.3) is 0 Å². The van der Waals surface area contributed by atoms with Gasteiger partial charge in [0.05, 0.1) is 0 Å². The van der Waals surface area contributed by atoms with Crippen LogP contribution in [0.15, 0.2) is 16.5 Å². The molecule has 0 fully saturated rings. The molecule has 16 heavy (non-hydrogen) atoms. The summed E-state index contributed by atoms with van der Waals surface area (Å²) in [5.41, 5.74) is -0.589. The fourth-order valence-electron chi connectivity index (χ4n) is 0.945. The zero-order valence-corrected chi connectivity index (χ0v) is 9.48. The summed E-state index contributed by atoms with van der Waals surface area (Å²) in [5.74, 6) is 0.593. The van der Waals surface area contributed by atoms with Crippen LogP contribution in [-0.4, -0.2) is 18.0 Å². The SMILES string of the molecule is CC(C)(C)OC(=O)OCc1ccc(C=O)o1. The Bertz CT molecular complexity index is 372. The molecule has 0 atom stereocenters. The number of rotatable bonds is 3. The van der Waals surface area contributed by atoms with Crippen LogP contribution < -0.4 is 0 Å². The van der Waals surface area contributed by atoms with E-state index in [0.717, 1.165) is 0 Å². The number of furan rings is 1. The van der Waals surface area contributed by atoms with E-state index in [1.807, 2.05) is 0 Å². The zero-order chi connectivity index (χ0) is 12.2. The Morgan fingerprint density at radius 1 is 1.44 bits per heavy atom. The lowest BCUT2D eigenvalue weighted by Crippen LogP contribution is -2.24. The van der Waals surface area contributed by atoms with Crippen molar-refractivity contribution in [1.82, 2.24) is 0 Å². The van der Waals surface area contributed by atoms with Crippen molar-refractivity contribution in [3.05, 3.63) is 23.7 Å². The Kier molecular flexibility index (Phi) is 3.71. The molecule has 0 aliphatic carbocycles. The minimum atomic E-state index is -0.767. The van der Waals surface area contributed by atoms with Crippen LogP contribution in [0.4, 0.5) is 4.79 Å². The summed E-state index contributed by atoms with van der Waals surface area (Å²) >= 11 is 0. The largest absolute Gasteiger partial charge is 0.509 e. The molecule has 0 saturated heterocycles. The average Bonchev–Trinajstić information content (AvgIpc) is 2.59. The summed E-state index contributed by atoms with van der Waals surface area (Å²) in [5, 5.41) is 0. The lowest BCUT2D eigenvalue weighted by molar-refractivity contribution is -0.0132. The van der Waals surface area contributed by atoms with Crippen LogP contribution >= 0.6 is 0 Å². The quantitative estimate of drug-likeness (QED) is 0.585. The number of hydrogen-bond donors (Lipinski definition) is 0. The maximum Gasteiger partial charge on any atom is 0.509 e. The third-order valence-corrected chi connectivity index (χ3v) is 1.52.